The predicted molar refractivity (Wildman–Crippen MR) is 57.1 cm³/mol. The van der Waals surface area contributed by atoms with Gasteiger partial charge in [0.1, 0.15) is 0 Å². The van der Waals surface area contributed by atoms with E-state index in [9.17, 15) is 4.79 Å². The van der Waals surface area contributed by atoms with Crippen molar-refractivity contribution in [3.05, 3.63) is 35.5 Å². The number of para-hydroxylation sites is 1. The van der Waals surface area contributed by atoms with Gasteiger partial charge in [-0.15, -0.1) is 0 Å². The number of fused-ring (bicyclic) bond motifs is 1. The molecule has 2 nitrogen and oxygen atoms in total. The maximum absolute atomic E-state index is 10.7. The number of hydrogen-bond acceptors (Lipinski definition) is 1. The Labute approximate surface area is 82.9 Å². The molecule has 0 aliphatic rings. The van der Waals surface area contributed by atoms with E-state index in [2.05, 4.69) is 11.9 Å². The molecule has 0 aliphatic carbocycles. The first-order valence-electron chi connectivity index (χ1n) is 4.84. The van der Waals surface area contributed by atoms with Crippen molar-refractivity contribution < 1.29 is 4.79 Å². The third-order valence-electron chi connectivity index (χ3n) is 2.42. The lowest BCUT2D eigenvalue weighted by atomic mass is 10.1. The first-order valence-corrected chi connectivity index (χ1v) is 4.84. The molecule has 71 valence electrons. The van der Waals surface area contributed by atoms with Gasteiger partial charge in [0.25, 0.3) is 6.29 Å². The fraction of sp³-hybridized carbons (Fsp3) is 0.250. The van der Waals surface area contributed by atoms with E-state index < -0.39 is 0 Å². The Morgan fingerprint density at radius 2 is 2.14 bits per heavy atom. The molecule has 0 saturated carbocycles. The molecule has 1 radical (unpaired) electrons. The van der Waals surface area contributed by atoms with Gasteiger partial charge < -0.3 is 4.98 Å². The molecule has 0 spiro atoms. The molecule has 14 heavy (non-hydrogen) atoms. The summed E-state index contributed by atoms with van der Waals surface area (Å²) >= 11 is 0. The van der Waals surface area contributed by atoms with Gasteiger partial charge in [-0.25, -0.2) is 0 Å². The highest BCUT2D eigenvalue weighted by Crippen LogP contribution is 2.22. The van der Waals surface area contributed by atoms with Crippen molar-refractivity contribution in [2.45, 2.75) is 19.8 Å². The van der Waals surface area contributed by atoms with E-state index >= 15 is 0 Å². The number of benzene rings is 1. The van der Waals surface area contributed by atoms with Crippen LogP contribution in [0.5, 0.6) is 0 Å². The van der Waals surface area contributed by atoms with Crippen LogP contribution < -0.4 is 0 Å². The number of aromatic amines is 1. The van der Waals surface area contributed by atoms with Crippen LogP contribution in [0.3, 0.4) is 0 Å². The second-order valence-electron chi connectivity index (χ2n) is 3.38. The SMILES string of the molecule is CCCc1c([C]=O)[nH]c2ccccc12. The molecule has 2 heteroatoms. The van der Waals surface area contributed by atoms with Gasteiger partial charge in [-0.05, 0) is 18.1 Å². The van der Waals surface area contributed by atoms with Crippen LogP contribution in [0.2, 0.25) is 0 Å². The number of H-pyrrole nitrogens is 1. The van der Waals surface area contributed by atoms with Crippen LogP contribution in [0.4, 0.5) is 0 Å². The van der Waals surface area contributed by atoms with Gasteiger partial charge in [0, 0.05) is 10.9 Å². The van der Waals surface area contributed by atoms with Gasteiger partial charge in [-0.2, -0.15) is 0 Å². The maximum atomic E-state index is 10.7. The Morgan fingerprint density at radius 3 is 2.86 bits per heavy atom. The molecule has 0 saturated heterocycles. The summed E-state index contributed by atoms with van der Waals surface area (Å²) in [7, 11) is 0. The third kappa shape index (κ3) is 1.33. The minimum atomic E-state index is 0.605. The van der Waals surface area contributed by atoms with Crippen molar-refractivity contribution in [2.75, 3.05) is 0 Å². The molecule has 0 unspecified atom stereocenters. The Kier molecular flexibility index (Phi) is 2.35. The number of aromatic nitrogens is 1. The van der Waals surface area contributed by atoms with Gasteiger partial charge in [0.05, 0.1) is 5.69 Å². The van der Waals surface area contributed by atoms with Gasteiger partial charge >= 0.3 is 0 Å². The second-order valence-corrected chi connectivity index (χ2v) is 3.38. The molecular weight excluding hydrogens is 174 g/mol. The second kappa shape index (κ2) is 3.66. The van der Waals surface area contributed by atoms with E-state index in [1.54, 1.807) is 0 Å². The van der Waals surface area contributed by atoms with E-state index in [0.29, 0.717) is 5.69 Å². The van der Waals surface area contributed by atoms with Crippen molar-refractivity contribution in [2.24, 2.45) is 0 Å². The zero-order valence-corrected chi connectivity index (χ0v) is 8.13. The molecule has 2 aromatic rings. The molecule has 0 aliphatic heterocycles. The van der Waals surface area contributed by atoms with Gasteiger partial charge in [-0.3, -0.25) is 4.79 Å². The summed E-state index contributed by atoms with van der Waals surface area (Å²) in [4.78, 5) is 13.8. The molecule has 0 amide bonds. The van der Waals surface area contributed by atoms with Crippen LogP contribution in [-0.2, 0) is 11.2 Å². The quantitative estimate of drug-likeness (QED) is 0.785. The van der Waals surface area contributed by atoms with Crippen LogP contribution >= 0.6 is 0 Å². The zero-order valence-electron chi connectivity index (χ0n) is 8.13. The van der Waals surface area contributed by atoms with Crippen LogP contribution in [-0.4, -0.2) is 11.3 Å². The fourth-order valence-corrected chi connectivity index (χ4v) is 1.80. The van der Waals surface area contributed by atoms with Crippen molar-refractivity contribution in [3.63, 3.8) is 0 Å². The lowest BCUT2D eigenvalue weighted by Crippen LogP contribution is -1.88. The summed E-state index contributed by atoms with van der Waals surface area (Å²) < 4.78 is 0. The fourth-order valence-electron chi connectivity index (χ4n) is 1.80. The van der Waals surface area contributed by atoms with Crippen molar-refractivity contribution in [1.29, 1.82) is 0 Å². The lowest BCUT2D eigenvalue weighted by Gasteiger charge is -1.95. The summed E-state index contributed by atoms with van der Waals surface area (Å²) in [5, 5.41) is 1.15. The molecular formula is C12H12NO. The number of rotatable bonds is 3. The minimum Gasteiger partial charge on any atom is -0.351 e. The topological polar surface area (TPSA) is 32.9 Å². The van der Waals surface area contributed by atoms with Crippen LogP contribution in [0.25, 0.3) is 10.9 Å². The van der Waals surface area contributed by atoms with Crippen LogP contribution in [0.15, 0.2) is 24.3 Å². The smallest absolute Gasteiger partial charge is 0.251 e. The van der Waals surface area contributed by atoms with E-state index in [-0.39, 0.29) is 0 Å². The highest BCUT2D eigenvalue weighted by molar-refractivity contribution is 5.92. The van der Waals surface area contributed by atoms with Gasteiger partial charge in [0.15, 0.2) is 0 Å². The molecule has 1 aromatic carbocycles. The highest BCUT2D eigenvalue weighted by Gasteiger charge is 2.09. The summed E-state index contributed by atoms with van der Waals surface area (Å²) in [5.41, 5.74) is 2.72. The summed E-state index contributed by atoms with van der Waals surface area (Å²) in [6.07, 6.45) is 3.93. The van der Waals surface area contributed by atoms with E-state index in [1.165, 1.54) is 0 Å². The Bertz CT molecular complexity index is 456. The lowest BCUT2D eigenvalue weighted by molar-refractivity contribution is 0.561. The van der Waals surface area contributed by atoms with Gasteiger partial charge in [-0.1, -0.05) is 31.5 Å². The van der Waals surface area contributed by atoms with Crippen molar-refractivity contribution in [1.82, 2.24) is 4.98 Å². The summed E-state index contributed by atoms with van der Waals surface area (Å²) in [6, 6.07) is 7.97. The monoisotopic (exact) mass is 186 g/mol. The predicted octanol–water partition coefficient (Wildman–Crippen LogP) is 2.58. The summed E-state index contributed by atoms with van der Waals surface area (Å²) in [6.45, 7) is 2.11. The first kappa shape index (κ1) is 9.00. The van der Waals surface area contributed by atoms with E-state index in [4.69, 9.17) is 0 Å². The van der Waals surface area contributed by atoms with E-state index in [1.807, 2.05) is 30.6 Å². The average Bonchev–Trinajstić information content (AvgIpc) is 2.58. The molecule has 0 atom stereocenters. The molecule has 1 N–H and O–H groups in total. The largest absolute Gasteiger partial charge is 0.351 e. The molecule has 0 bridgehead atoms. The molecule has 1 aromatic heterocycles. The normalized spacial score (nSPS) is 10.6. The number of aryl methyl sites for hydroxylation is 1. The Morgan fingerprint density at radius 1 is 1.36 bits per heavy atom. The summed E-state index contributed by atoms with van der Waals surface area (Å²) in [5.74, 6) is 0. The van der Waals surface area contributed by atoms with Crippen LogP contribution in [0.1, 0.15) is 24.6 Å². The molecule has 2 rings (SSSR count). The Balaban J connectivity index is 2.67. The number of hydrogen-bond donors (Lipinski definition) is 1. The zero-order chi connectivity index (χ0) is 9.97. The standard InChI is InChI=1S/C12H12NO/c1-2-5-9-10-6-3-4-7-11(10)13-12(9)8-14/h3-4,6-7,13H,2,5H2,1H3. The maximum Gasteiger partial charge on any atom is 0.251 e. The Hall–Kier alpha value is -1.57. The average molecular weight is 186 g/mol. The number of carbonyl (C=O) groups excluding carboxylic acids is 1. The molecule has 1 heterocycles. The van der Waals surface area contributed by atoms with E-state index in [0.717, 1.165) is 29.3 Å². The van der Waals surface area contributed by atoms with Gasteiger partial charge in [0.2, 0.25) is 0 Å². The van der Waals surface area contributed by atoms with Crippen LogP contribution in [0, 0.1) is 0 Å². The van der Waals surface area contributed by atoms with Crippen molar-refractivity contribution >= 4 is 17.2 Å². The minimum absolute atomic E-state index is 0.605. The third-order valence-corrected chi connectivity index (χ3v) is 2.42. The highest BCUT2D eigenvalue weighted by atomic mass is 16.1. The first-order chi connectivity index (χ1) is 6.86. The van der Waals surface area contributed by atoms with Crippen molar-refractivity contribution in [3.8, 4) is 0 Å². The number of nitrogens with one attached hydrogen (secondary N) is 1. The molecule has 0 fully saturated rings.